The maximum atomic E-state index is 13.0. The number of alkyl halides is 2. The first-order valence-corrected chi connectivity index (χ1v) is 9.54. The number of halogens is 2. The van der Waals surface area contributed by atoms with Crippen molar-refractivity contribution in [3.05, 3.63) is 70.5 Å². The van der Waals surface area contributed by atoms with Crippen molar-refractivity contribution in [3.8, 4) is 11.5 Å². The topological polar surface area (TPSA) is 52.5 Å². The Morgan fingerprint density at radius 1 is 1.07 bits per heavy atom. The molecule has 2 aromatic carbocycles. The first-order valence-electron chi connectivity index (χ1n) is 9.54. The van der Waals surface area contributed by atoms with Gasteiger partial charge in [0, 0.05) is 31.3 Å². The highest BCUT2D eigenvalue weighted by Gasteiger charge is 2.12. The number of hydrogen-bond acceptors (Lipinski definition) is 4. The zero-order chi connectivity index (χ0) is 20.6. The predicted molar refractivity (Wildman–Crippen MR) is 109 cm³/mol. The maximum absolute atomic E-state index is 13.0. The number of ether oxygens (including phenoxy) is 2. The molecule has 1 aromatic heterocycles. The third-order valence-corrected chi connectivity index (χ3v) is 4.40. The molecule has 1 N–H and O–H groups in total. The van der Waals surface area contributed by atoms with Gasteiger partial charge in [0.2, 0.25) is 0 Å². The zero-order valence-electron chi connectivity index (χ0n) is 16.2. The summed E-state index contributed by atoms with van der Waals surface area (Å²) in [6.07, 6.45) is -2.46. The summed E-state index contributed by atoms with van der Waals surface area (Å²) in [5.74, 6) is 1.31. The fourth-order valence-electron chi connectivity index (χ4n) is 3.06. The van der Waals surface area contributed by atoms with Crippen LogP contribution in [0.4, 0.5) is 8.78 Å². The van der Waals surface area contributed by atoms with Gasteiger partial charge in [0.15, 0.2) is 0 Å². The molecule has 0 atom stereocenters. The van der Waals surface area contributed by atoms with Gasteiger partial charge in [-0.05, 0) is 42.6 Å². The van der Waals surface area contributed by atoms with Crippen LogP contribution in [0.15, 0.2) is 59.4 Å². The summed E-state index contributed by atoms with van der Waals surface area (Å²) in [5, 5.41) is 3.45. The third-order valence-electron chi connectivity index (χ3n) is 4.40. The van der Waals surface area contributed by atoms with Gasteiger partial charge in [-0.1, -0.05) is 18.2 Å². The van der Waals surface area contributed by atoms with Crippen LogP contribution in [0, 0.1) is 0 Å². The lowest BCUT2D eigenvalue weighted by molar-refractivity contribution is 0.139. The molecule has 0 radical (unpaired) electrons. The van der Waals surface area contributed by atoms with Crippen LogP contribution in [0.2, 0.25) is 0 Å². The molecule has 0 bridgehead atoms. The fraction of sp³-hybridized carbons (Fsp3) is 0.318. The van der Waals surface area contributed by atoms with Gasteiger partial charge in [-0.15, -0.1) is 0 Å². The molecule has 0 fully saturated rings. The van der Waals surface area contributed by atoms with Gasteiger partial charge in [0.05, 0.1) is 18.7 Å². The molecule has 1 heterocycles. The van der Waals surface area contributed by atoms with E-state index in [0.717, 1.165) is 5.39 Å². The van der Waals surface area contributed by atoms with Crippen LogP contribution in [0.5, 0.6) is 11.5 Å². The highest BCUT2D eigenvalue weighted by molar-refractivity contribution is 5.81. The van der Waals surface area contributed by atoms with E-state index in [-0.39, 0.29) is 12.1 Å². The van der Waals surface area contributed by atoms with Crippen molar-refractivity contribution in [1.29, 1.82) is 0 Å². The van der Waals surface area contributed by atoms with Crippen LogP contribution >= 0.6 is 0 Å². The molecule has 0 aliphatic rings. The molecule has 0 aliphatic carbocycles. The van der Waals surface area contributed by atoms with Crippen LogP contribution in [0.1, 0.15) is 12.5 Å². The summed E-state index contributed by atoms with van der Waals surface area (Å²) in [4.78, 5) is 13.0. The van der Waals surface area contributed by atoms with Crippen LogP contribution in [0.25, 0.3) is 10.9 Å². The third kappa shape index (κ3) is 5.62. The Labute approximate surface area is 167 Å². The Kier molecular flexibility index (Phi) is 7.32. The summed E-state index contributed by atoms with van der Waals surface area (Å²) in [6, 6.07) is 16.6. The lowest BCUT2D eigenvalue weighted by atomic mass is 10.1. The Hall–Kier alpha value is -2.77. The Balaban J connectivity index is 1.96. The van der Waals surface area contributed by atoms with Crippen LogP contribution < -0.4 is 15.6 Å². The summed E-state index contributed by atoms with van der Waals surface area (Å²) in [6.45, 7) is 2.79. The van der Waals surface area contributed by atoms with E-state index in [1.54, 1.807) is 10.6 Å². The van der Waals surface area contributed by atoms with Crippen molar-refractivity contribution in [2.75, 3.05) is 19.8 Å². The Morgan fingerprint density at radius 3 is 2.59 bits per heavy atom. The molecule has 7 heteroatoms. The average molecular weight is 402 g/mol. The van der Waals surface area contributed by atoms with Gasteiger partial charge in [0.25, 0.3) is 12.0 Å². The minimum Gasteiger partial charge on any atom is -0.457 e. The zero-order valence-corrected chi connectivity index (χ0v) is 16.2. The van der Waals surface area contributed by atoms with Crippen LogP contribution in [0.3, 0.4) is 0 Å². The molecule has 0 saturated heterocycles. The highest BCUT2D eigenvalue weighted by atomic mass is 19.3. The molecule has 0 aliphatic heterocycles. The minimum absolute atomic E-state index is 0.0794. The number of fused-ring (bicyclic) bond motifs is 1. The van der Waals surface area contributed by atoms with Crippen molar-refractivity contribution in [3.63, 3.8) is 0 Å². The van der Waals surface area contributed by atoms with E-state index in [2.05, 4.69) is 5.32 Å². The molecule has 0 spiro atoms. The smallest absolute Gasteiger partial charge is 0.255 e. The molecule has 0 saturated carbocycles. The van der Waals surface area contributed by atoms with Gasteiger partial charge < -0.3 is 19.4 Å². The molecule has 0 unspecified atom stereocenters. The van der Waals surface area contributed by atoms with Crippen LogP contribution in [-0.4, -0.2) is 30.8 Å². The van der Waals surface area contributed by atoms with Crippen molar-refractivity contribution < 1.29 is 18.3 Å². The lowest BCUT2D eigenvalue weighted by Crippen LogP contribution is -2.30. The normalized spacial score (nSPS) is 11.3. The Bertz CT molecular complexity index is 991. The van der Waals surface area contributed by atoms with Gasteiger partial charge in [-0.2, -0.15) is 0 Å². The second-order valence-corrected chi connectivity index (χ2v) is 6.48. The number of hydrogen-bond donors (Lipinski definition) is 1. The largest absolute Gasteiger partial charge is 0.457 e. The molecular formula is C22H24F2N2O3. The molecule has 29 heavy (non-hydrogen) atoms. The van der Waals surface area contributed by atoms with E-state index >= 15 is 0 Å². The van der Waals surface area contributed by atoms with E-state index < -0.39 is 13.0 Å². The van der Waals surface area contributed by atoms with Crippen molar-refractivity contribution in [1.82, 2.24) is 9.88 Å². The number of aromatic nitrogens is 1. The second-order valence-electron chi connectivity index (χ2n) is 6.48. The average Bonchev–Trinajstić information content (AvgIpc) is 2.71. The predicted octanol–water partition coefficient (Wildman–Crippen LogP) is 4.19. The van der Waals surface area contributed by atoms with Gasteiger partial charge in [-0.25, -0.2) is 8.78 Å². The summed E-state index contributed by atoms with van der Waals surface area (Å²) >= 11 is 0. The first-order chi connectivity index (χ1) is 14.1. The highest BCUT2D eigenvalue weighted by Crippen LogP contribution is 2.25. The van der Waals surface area contributed by atoms with Gasteiger partial charge >= 0.3 is 0 Å². The lowest BCUT2D eigenvalue weighted by Gasteiger charge is -2.15. The number of pyridine rings is 1. The molecule has 5 nitrogen and oxygen atoms in total. The first kappa shape index (κ1) is 21.0. The Morgan fingerprint density at radius 2 is 1.86 bits per heavy atom. The van der Waals surface area contributed by atoms with E-state index in [1.807, 2.05) is 55.5 Å². The summed E-state index contributed by atoms with van der Waals surface area (Å²) < 4.78 is 37.8. The minimum atomic E-state index is -2.46. The number of rotatable bonds is 10. The molecular weight excluding hydrogens is 378 g/mol. The van der Waals surface area contributed by atoms with Crippen LogP contribution in [-0.2, 0) is 17.8 Å². The second kappa shape index (κ2) is 10.1. The van der Waals surface area contributed by atoms with E-state index in [9.17, 15) is 13.6 Å². The monoisotopic (exact) mass is 402 g/mol. The summed E-state index contributed by atoms with van der Waals surface area (Å²) in [5.41, 5.74) is 0.919. The van der Waals surface area contributed by atoms with E-state index in [0.29, 0.717) is 42.3 Å². The molecule has 3 aromatic rings. The number of benzene rings is 2. The number of nitrogens with one attached hydrogen (secondary N) is 1. The number of nitrogens with zero attached hydrogens (tertiary/aromatic N) is 1. The number of para-hydroxylation sites is 1. The molecule has 0 amide bonds. The molecule has 3 rings (SSSR count). The van der Waals surface area contributed by atoms with Gasteiger partial charge in [-0.3, -0.25) is 4.79 Å². The van der Waals surface area contributed by atoms with Crippen molar-refractivity contribution in [2.45, 2.75) is 26.4 Å². The fourth-order valence-corrected chi connectivity index (χ4v) is 3.06. The maximum Gasteiger partial charge on any atom is 0.255 e. The van der Waals surface area contributed by atoms with Crippen molar-refractivity contribution in [2.24, 2.45) is 0 Å². The van der Waals surface area contributed by atoms with Gasteiger partial charge in [0.1, 0.15) is 11.5 Å². The quantitative estimate of drug-likeness (QED) is 0.517. The SMILES string of the molecule is CCOCCn1c(=O)c(CNCC(F)F)cc2ccc(Oc3ccccc3)cc21. The summed E-state index contributed by atoms with van der Waals surface area (Å²) in [7, 11) is 0. The van der Waals surface area contributed by atoms with E-state index in [1.165, 1.54) is 0 Å². The van der Waals surface area contributed by atoms with Crippen molar-refractivity contribution >= 4 is 10.9 Å². The molecule has 154 valence electrons. The standard InChI is InChI=1S/C22H24F2N2O3/c1-2-28-11-10-26-20-13-19(29-18-6-4-3-5-7-18)9-8-16(20)12-17(22(26)27)14-25-15-21(23)24/h3-9,12-13,21,25H,2,10-11,14-15H2,1H3. The van der Waals surface area contributed by atoms with E-state index in [4.69, 9.17) is 9.47 Å².